The Bertz CT molecular complexity index is 935. The quantitative estimate of drug-likeness (QED) is 0.652. The molecule has 2 amide bonds. The van der Waals surface area contributed by atoms with Gasteiger partial charge in [0.1, 0.15) is 0 Å². The van der Waals surface area contributed by atoms with Crippen LogP contribution in [0.15, 0.2) is 29.2 Å². The van der Waals surface area contributed by atoms with Gasteiger partial charge in [0.15, 0.2) is 0 Å². The molecule has 0 radical (unpaired) electrons. The molecule has 0 unspecified atom stereocenters. The standard InChI is InChI=1S/C22H26N2O2S/c1-7-15(4)24-21(25)19(27-22(24)26)12-18-11-16(5)23(17(18)6)20-13(2)9-8-10-14(20)3/h8-12,15H,7H2,1-6H3/b19-12+/t15-/m0/s1. The highest BCUT2D eigenvalue weighted by molar-refractivity contribution is 8.18. The largest absolute Gasteiger partial charge is 0.317 e. The average molecular weight is 383 g/mol. The molecule has 3 rings (SSSR count). The minimum Gasteiger partial charge on any atom is -0.317 e. The highest BCUT2D eigenvalue weighted by Crippen LogP contribution is 2.35. The van der Waals surface area contributed by atoms with Crippen molar-refractivity contribution in [3.8, 4) is 5.69 Å². The Morgan fingerprint density at radius 3 is 2.33 bits per heavy atom. The Balaban J connectivity index is 2.05. The first-order valence-corrected chi connectivity index (χ1v) is 10.1. The van der Waals surface area contributed by atoms with Crippen molar-refractivity contribution < 1.29 is 9.59 Å². The summed E-state index contributed by atoms with van der Waals surface area (Å²) in [6.45, 7) is 12.2. The minimum atomic E-state index is -0.184. The van der Waals surface area contributed by atoms with Gasteiger partial charge < -0.3 is 4.57 Å². The third-order valence-electron chi connectivity index (χ3n) is 5.28. The fourth-order valence-corrected chi connectivity index (χ4v) is 4.54. The summed E-state index contributed by atoms with van der Waals surface area (Å²) in [5.74, 6) is -0.184. The van der Waals surface area contributed by atoms with E-state index in [-0.39, 0.29) is 17.2 Å². The second kappa shape index (κ2) is 7.39. The van der Waals surface area contributed by atoms with E-state index in [0.29, 0.717) is 4.91 Å². The molecule has 1 aromatic heterocycles. The van der Waals surface area contributed by atoms with E-state index in [1.54, 1.807) is 0 Å². The van der Waals surface area contributed by atoms with Crippen molar-refractivity contribution in [2.75, 3.05) is 0 Å². The topological polar surface area (TPSA) is 42.3 Å². The Morgan fingerprint density at radius 2 is 1.74 bits per heavy atom. The van der Waals surface area contributed by atoms with Crippen molar-refractivity contribution in [2.24, 2.45) is 0 Å². The molecule has 27 heavy (non-hydrogen) atoms. The van der Waals surface area contributed by atoms with Crippen LogP contribution in [-0.2, 0) is 4.79 Å². The highest BCUT2D eigenvalue weighted by Gasteiger charge is 2.37. The van der Waals surface area contributed by atoms with Gasteiger partial charge >= 0.3 is 0 Å². The van der Waals surface area contributed by atoms with Gasteiger partial charge in [0.2, 0.25) is 0 Å². The number of carbonyl (C=O) groups is 2. The molecule has 1 aromatic carbocycles. The molecule has 0 saturated carbocycles. The van der Waals surface area contributed by atoms with E-state index < -0.39 is 0 Å². The second-order valence-electron chi connectivity index (χ2n) is 7.21. The van der Waals surface area contributed by atoms with Gasteiger partial charge in [-0.1, -0.05) is 25.1 Å². The normalized spacial score (nSPS) is 17.3. The summed E-state index contributed by atoms with van der Waals surface area (Å²) in [6, 6.07) is 8.29. The summed E-state index contributed by atoms with van der Waals surface area (Å²) in [5.41, 5.74) is 6.75. The molecule has 0 aliphatic carbocycles. The van der Waals surface area contributed by atoms with Gasteiger partial charge in [-0.05, 0) is 81.6 Å². The molecule has 0 spiro atoms. The SMILES string of the molecule is CC[C@H](C)N1C(=O)S/C(=C/c2cc(C)n(-c3c(C)cccc3C)c2C)C1=O. The number of rotatable bonds is 4. The van der Waals surface area contributed by atoms with Crippen LogP contribution in [0, 0.1) is 27.7 Å². The maximum Gasteiger partial charge on any atom is 0.293 e. The van der Waals surface area contributed by atoms with Gasteiger partial charge in [-0.3, -0.25) is 14.5 Å². The Labute approximate surface area is 165 Å². The van der Waals surface area contributed by atoms with Gasteiger partial charge in [0.05, 0.1) is 10.6 Å². The van der Waals surface area contributed by atoms with E-state index in [9.17, 15) is 9.59 Å². The van der Waals surface area contributed by atoms with Crippen molar-refractivity contribution >= 4 is 29.0 Å². The molecule has 1 atom stereocenters. The molecule has 5 heteroatoms. The maximum absolute atomic E-state index is 12.7. The molecule has 1 aliphatic rings. The van der Waals surface area contributed by atoms with E-state index in [4.69, 9.17) is 0 Å². The van der Waals surface area contributed by atoms with Crippen LogP contribution in [0.25, 0.3) is 11.8 Å². The van der Waals surface area contributed by atoms with E-state index in [0.717, 1.165) is 35.1 Å². The molecule has 1 aliphatic heterocycles. The van der Waals surface area contributed by atoms with Crippen molar-refractivity contribution in [1.82, 2.24) is 9.47 Å². The first kappa shape index (κ1) is 19.5. The summed E-state index contributed by atoms with van der Waals surface area (Å²) in [6.07, 6.45) is 2.62. The lowest BCUT2D eigenvalue weighted by atomic mass is 10.1. The number of aryl methyl sites for hydroxylation is 3. The zero-order valence-electron chi connectivity index (χ0n) is 16.8. The Morgan fingerprint density at radius 1 is 1.11 bits per heavy atom. The molecule has 1 fully saturated rings. The smallest absolute Gasteiger partial charge is 0.293 e. The molecule has 1 saturated heterocycles. The number of thioether (sulfide) groups is 1. The number of hydrogen-bond acceptors (Lipinski definition) is 3. The maximum atomic E-state index is 12.7. The lowest BCUT2D eigenvalue weighted by molar-refractivity contribution is -0.124. The number of para-hydroxylation sites is 1. The second-order valence-corrected chi connectivity index (χ2v) is 8.20. The van der Waals surface area contributed by atoms with E-state index in [1.165, 1.54) is 21.7 Å². The van der Waals surface area contributed by atoms with Crippen LogP contribution in [0.1, 0.15) is 48.3 Å². The number of carbonyl (C=O) groups excluding carboxylic acids is 2. The summed E-state index contributed by atoms with van der Waals surface area (Å²) >= 11 is 1.04. The average Bonchev–Trinajstić information content (AvgIpc) is 3.04. The molecule has 4 nitrogen and oxygen atoms in total. The Kier molecular flexibility index (Phi) is 5.33. The summed E-state index contributed by atoms with van der Waals surface area (Å²) in [7, 11) is 0. The van der Waals surface area contributed by atoms with E-state index in [1.807, 2.05) is 19.9 Å². The number of benzene rings is 1. The predicted molar refractivity (Wildman–Crippen MR) is 112 cm³/mol. The van der Waals surface area contributed by atoms with Gasteiger partial charge in [0, 0.05) is 17.4 Å². The van der Waals surface area contributed by atoms with Crippen molar-refractivity contribution in [1.29, 1.82) is 0 Å². The first-order valence-electron chi connectivity index (χ1n) is 9.28. The van der Waals surface area contributed by atoms with Gasteiger partial charge in [0.25, 0.3) is 11.1 Å². The summed E-state index contributed by atoms with van der Waals surface area (Å²) < 4.78 is 2.23. The summed E-state index contributed by atoms with van der Waals surface area (Å²) in [5, 5.41) is -0.177. The predicted octanol–water partition coefficient (Wildman–Crippen LogP) is 5.55. The molecule has 0 N–H and O–H groups in total. The zero-order valence-corrected chi connectivity index (χ0v) is 17.6. The third-order valence-corrected chi connectivity index (χ3v) is 6.16. The fraction of sp³-hybridized carbons (Fsp3) is 0.364. The lowest BCUT2D eigenvalue weighted by Gasteiger charge is -2.19. The number of imide groups is 1. The van der Waals surface area contributed by atoms with Crippen LogP contribution in [0.4, 0.5) is 4.79 Å². The number of hydrogen-bond donors (Lipinski definition) is 0. The van der Waals surface area contributed by atoms with Gasteiger partial charge in [-0.25, -0.2) is 0 Å². The zero-order chi connectivity index (χ0) is 19.9. The molecule has 0 bridgehead atoms. The third kappa shape index (κ3) is 3.36. The summed E-state index contributed by atoms with van der Waals surface area (Å²) in [4.78, 5) is 26.9. The van der Waals surface area contributed by atoms with Crippen LogP contribution in [0.5, 0.6) is 0 Å². The monoisotopic (exact) mass is 382 g/mol. The van der Waals surface area contributed by atoms with Crippen LogP contribution in [-0.4, -0.2) is 26.7 Å². The van der Waals surface area contributed by atoms with E-state index in [2.05, 4.69) is 56.5 Å². The highest BCUT2D eigenvalue weighted by atomic mass is 32.2. The van der Waals surface area contributed by atoms with Crippen molar-refractivity contribution in [3.05, 3.63) is 57.2 Å². The van der Waals surface area contributed by atoms with Crippen LogP contribution < -0.4 is 0 Å². The molecular formula is C22H26N2O2S. The minimum absolute atomic E-state index is 0.0783. The lowest BCUT2D eigenvalue weighted by Crippen LogP contribution is -2.36. The van der Waals surface area contributed by atoms with Crippen molar-refractivity contribution in [2.45, 2.75) is 54.0 Å². The number of nitrogens with zero attached hydrogens (tertiary/aromatic N) is 2. The molecule has 2 heterocycles. The van der Waals surface area contributed by atoms with Gasteiger partial charge in [-0.2, -0.15) is 0 Å². The fourth-order valence-electron chi connectivity index (χ4n) is 3.62. The van der Waals surface area contributed by atoms with Crippen LogP contribution in [0.3, 0.4) is 0 Å². The van der Waals surface area contributed by atoms with Crippen LogP contribution in [0.2, 0.25) is 0 Å². The number of amides is 2. The Hall–Kier alpha value is -2.27. The van der Waals surface area contributed by atoms with Gasteiger partial charge in [-0.15, -0.1) is 0 Å². The molecule has 2 aromatic rings. The van der Waals surface area contributed by atoms with E-state index >= 15 is 0 Å². The first-order chi connectivity index (χ1) is 12.8. The molecular weight excluding hydrogens is 356 g/mol. The molecule has 142 valence electrons. The number of aromatic nitrogens is 1. The van der Waals surface area contributed by atoms with Crippen molar-refractivity contribution in [3.63, 3.8) is 0 Å². The van der Waals surface area contributed by atoms with Crippen LogP contribution >= 0.6 is 11.8 Å².